The molecule has 1 aliphatic rings. The molecule has 15 heavy (non-hydrogen) atoms. The summed E-state index contributed by atoms with van der Waals surface area (Å²) in [4.78, 5) is 4.23. The van der Waals surface area contributed by atoms with Gasteiger partial charge in [-0.3, -0.25) is 0 Å². The Hall–Kier alpha value is -0.870. The molecular formula is C11H18N2O2. The molecule has 1 aromatic heterocycles. The molecule has 0 amide bonds. The van der Waals surface area contributed by atoms with Crippen molar-refractivity contribution in [1.82, 2.24) is 9.55 Å². The van der Waals surface area contributed by atoms with Gasteiger partial charge >= 0.3 is 0 Å². The number of imidazole rings is 1. The van der Waals surface area contributed by atoms with Gasteiger partial charge in [0.1, 0.15) is 5.82 Å². The third-order valence-corrected chi connectivity index (χ3v) is 3.25. The Morgan fingerprint density at radius 1 is 1.73 bits per heavy atom. The molecule has 0 aliphatic carbocycles. The minimum absolute atomic E-state index is 0.231. The van der Waals surface area contributed by atoms with E-state index >= 15 is 0 Å². The average Bonchev–Trinajstić information content (AvgIpc) is 2.77. The van der Waals surface area contributed by atoms with E-state index in [0.717, 1.165) is 18.9 Å². The zero-order valence-corrected chi connectivity index (χ0v) is 9.31. The quantitative estimate of drug-likeness (QED) is 0.801. The van der Waals surface area contributed by atoms with Gasteiger partial charge in [-0.15, -0.1) is 0 Å². The third kappa shape index (κ3) is 2.21. The van der Waals surface area contributed by atoms with E-state index in [-0.39, 0.29) is 5.92 Å². The van der Waals surface area contributed by atoms with Gasteiger partial charge in [-0.1, -0.05) is 0 Å². The van der Waals surface area contributed by atoms with E-state index < -0.39 is 5.60 Å². The fourth-order valence-electron chi connectivity index (χ4n) is 2.06. The lowest BCUT2D eigenvalue weighted by atomic mass is 9.85. The second-order valence-corrected chi connectivity index (χ2v) is 4.55. The third-order valence-electron chi connectivity index (χ3n) is 3.25. The average molecular weight is 210 g/mol. The molecule has 0 bridgehead atoms. The van der Waals surface area contributed by atoms with Gasteiger partial charge in [0.2, 0.25) is 0 Å². The van der Waals surface area contributed by atoms with Crippen LogP contribution in [0.4, 0.5) is 0 Å². The summed E-state index contributed by atoms with van der Waals surface area (Å²) in [5.74, 6) is 1.15. The zero-order valence-electron chi connectivity index (χ0n) is 9.31. The number of hydrogen-bond donors (Lipinski definition) is 1. The van der Waals surface area contributed by atoms with Crippen LogP contribution in [-0.2, 0) is 18.2 Å². The largest absolute Gasteiger partial charge is 0.389 e. The molecule has 2 unspecified atom stereocenters. The Kier molecular flexibility index (Phi) is 2.80. The Labute approximate surface area is 89.9 Å². The Bertz CT molecular complexity index is 327. The predicted octanol–water partition coefficient (Wildman–Crippen LogP) is 0.750. The van der Waals surface area contributed by atoms with Crippen LogP contribution in [-0.4, -0.2) is 33.5 Å². The van der Waals surface area contributed by atoms with E-state index in [1.165, 1.54) is 0 Å². The fourth-order valence-corrected chi connectivity index (χ4v) is 2.06. The van der Waals surface area contributed by atoms with Crippen molar-refractivity contribution in [3.8, 4) is 0 Å². The molecule has 1 aromatic rings. The number of aryl methyl sites for hydroxylation is 1. The van der Waals surface area contributed by atoms with E-state index in [1.54, 1.807) is 6.20 Å². The van der Waals surface area contributed by atoms with Crippen molar-refractivity contribution in [3.05, 3.63) is 18.2 Å². The van der Waals surface area contributed by atoms with Crippen LogP contribution in [0.3, 0.4) is 0 Å². The summed E-state index contributed by atoms with van der Waals surface area (Å²) in [5, 5.41) is 10.4. The molecule has 1 N–H and O–H groups in total. The standard InChI is InChI=1S/C11H18N2O2/c1-11(14,9-3-6-15-8-9)7-10-12-4-5-13(10)2/h4-5,9,14H,3,6-8H2,1-2H3. The van der Waals surface area contributed by atoms with E-state index in [9.17, 15) is 5.11 Å². The number of rotatable bonds is 3. The van der Waals surface area contributed by atoms with Crippen LogP contribution < -0.4 is 0 Å². The molecule has 1 aliphatic heterocycles. The van der Waals surface area contributed by atoms with Crippen LogP contribution in [0.1, 0.15) is 19.2 Å². The minimum Gasteiger partial charge on any atom is -0.389 e. The van der Waals surface area contributed by atoms with Crippen molar-refractivity contribution in [1.29, 1.82) is 0 Å². The minimum atomic E-state index is -0.713. The van der Waals surface area contributed by atoms with Crippen LogP contribution in [0, 0.1) is 5.92 Å². The van der Waals surface area contributed by atoms with E-state index in [1.807, 2.05) is 24.7 Å². The van der Waals surface area contributed by atoms with E-state index in [4.69, 9.17) is 4.74 Å². The number of aliphatic hydroxyl groups is 1. The lowest BCUT2D eigenvalue weighted by molar-refractivity contribution is -0.00660. The highest BCUT2D eigenvalue weighted by atomic mass is 16.5. The highest BCUT2D eigenvalue weighted by Gasteiger charge is 2.35. The van der Waals surface area contributed by atoms with Gasteiger partial charge in [-0.05, 0) is 13.3 Å². The second-order valence-electron chi connectivity index (χ2n) is 4.55. The zero-order chi connectivity index (χ0) is 10.9. The van der Waals surface area contributed by atoms with Crippen LogP contribution in [0.15, 0.2) is 12.4 Å². The van der Waals surface area contributed by atoms with Crippen molar-refractivity contribution in [2.75, 3.05) is 13.2 Å². The first-order valence-corrected chi connectivity index (χ1v) is 5.36. The molecule has 0 radical (unpaired) electrons. The summed E-state index contributed by atoms with van der Waals surface area (Å²) in [6.07, 6.45) is 5.19. The van der Waals surface area contributed by atoms with Gasteiger partial charge in [-0.25, -0.2) is 4.98 Å². The van der Waals surface area contributed by atoms with Crippen LogP contribution >= 0.6 is 0 Å². The maximum absolute atomic E-state index is 10.4. The highest BCUT2D eigenvalue weighted by Crippen LogP contribution is 2.28. The Balaban J connectivity index is 2.06. The smallest absolute Gasteiger partial charge is 0.111 e. The number of hydrogen-bond acceptors (Lipinski definition) is 3. The topological polar surface area (TPSA) is 47.3 Å². The van der Waals surface area contributed by atoms with Crippen LogP contribution in [0.25, 0.3) is 0 Å². The molecule has 84 valence electrons. The SMILES string of the molecule is Cn1ccnc1CC(C)(O)C1CCOC1. The molecule has 2 rings (SSSR count). The summed E-state index contributed by atoms with van der Waals surface area (Å²) in [7, 11) is 1.95. The first-order chi connectivity index (χ1) is 7.09. The number of nitrogens with zero attached hydrogens (tertiary/aromatic N) is 2. The van der Waals surface area contributed by atoms with E-state index in [2.05, 4.69) is 4.98 Å². The molecule has 2 heterocycles. The lowest BCUT2D eigenvalue weighted by Crippen LogP contribution is -2.38. The van der Waals surface area contributed by atoms with Gasteiger partial charge < -0.3 is 14.4 Å². The molecule has 4 nitrogen and oxygen atoms in total. The first-order valence-electron chi connectivity index (χ1n) is 5.36. The van der Waals surface area contributed by atoms with Gasteiger partial charge in [0.15, 0.2) is 0 Å². The van der Waals surface area contributed by atoms with E-state index in [0.29, 0.717) is 13.0 Å². The van der Waals surface area contributed by atoms with Crippen LogP contribution in [0.5, 0.6) is 0 Å². The Morgan fingerprint density at radius 2 is 2.53 bits per heavy atom. The van der Waals surface area contributed by atoms with Crippen molar-refractivity contribution < 1.29 is 9.84 Å². The van der Waals surface area contributed by atoms with Crippen LogP contribution in [0.2, 0.25) is 0 Å². The summed E-state index contributed by atoms with van der Waals surface area (Å²) >= 11 is 0. The number of ether oxygens (including phenoxy) is 1. The summed E-state index contributed by atoms with van der Waals surface area (Å²) < 4.78 is 7.25. The molecule has 2 atom stereocenters. The van der Waals surface area contributed by atoms with Crippen molar-refractivity contribution in [2.45, 2.75) is 25.4 Å². The van der Waals surface area contributed by atoms with Gasteiger partial charge in [0.05, 0.1) is 12.2 Å². The van der Waals surface area contributed by atoms with Gasteiger partial charge in [0.25, 0.3) is 0 Å². The summed E-state index contributed by atoms with van der Waals surface area (Å²) in [5.41, 5.74) is -0.713. The monoisotopic (exact) mass is 210 g/mol. The van der Waals surface area contributed by atoms with Crippen molar-refractivity contribution in [3.63, 3.8) is 0 Å². The summed E-state index contributed by atoms with van der Waals surface area (Å²) in [6.45, 7) is 3.31. The molecule has 1 fully saturated rings. The molecule has 0 aromatic carbocycles. The molecule has 4 heteroatoms. The molecule has 0 saturated carbocycles. The predicted molar refractivity (Wildman–Crippen MR) is 56.5 cm³/mol. The normalized spacial score (nSPS) is 25.4. The Morgan fingerprint density at radius 3 is 3.07 bits per heavy atom. The van der Waals surface area contributed by atoms with Gasteiger partial charge in [-0.2, -0.15) is 0 Å². The lowest BCUT2D eigenvalue weighted by Gasteiger charge is -2.28. The fraction of sp³-hybridized carbons (Fsp3) is 0.727. The maximum Gasteiger partial charge on any atom is 0.111 e. The van der Waals surface area contributed by atoms with Gasteiger partial charge in [0, 0.05) is 38.4 Å². The number of aromatic nitrogens is 2. The maximum atomic E-state index is 10.4. The second kappa shape index (κ2) is 3.94. The molecular weight excluding hydrogens is 192 g/mol. The first kappa shape index (κ1) is 10.6. The van der Waals surface area contributed by atoms with Crippen molar-refractivity contribution >= 4 is 0 Å². The highest BCUT2D eigenvalue weighted by molar-refractivity contribution is 4.99. The summed E-state index contributed by atoms with van der Waals surface area (Å²) in [6, 6.07) is 0. The van der Waals surface area contributed by atoms with Crippen molar-refractivity contribution in [2.24, 2.45) is 13.0 Å². The molecule has 1 saturated heterocycles. The molecule has 0 spiro atoms.